The molecule has 7 nitrogen and oxygen atoms in total. The summed E-state index contributed by atoms with van der Waals surface area (Å²) in [6.07, 6.45) is 3.16. The summed E-state index contributed by atoms with van der Waals surface area (Å²) < 4.78 is 20.3. The number of unbranched alkanes of at least 4 members (excludes halogenated alkanes) is 1. The van der Waals surface area contributed by atoms with Gasteiger partial charge in [-0.1, -0.05) is 26.7 Å². The molecule has 0 bridgehead atoms. The van der Waals surface area contributed by atoms with E-state index < -0.39 is 12.3 Å². The summed E-state index contributed by atoms with van der Waals surface area (Å²) in [5.41, 5.74) is 0. The van der Waals surface area contributed by atoms with Crippen LogP contribution < -0.4 is 0 Å². The minimum absolute atomic E-state index is 0.181. The number of ether oxygens (including phenoxy) is 4. The van der Waals surface area contributed by atoms with Crippen LogP contribution in [-0.2, 0) is 18.9 Å². The van der Waals surface area contributed by atoms with Crippen LogP contribution in [0.1, 0.15) is 58.8 Å². The molecule has 1 rings (SSSR count). The summed E-state index contributed by atoms with van der Waals surface area (Å²) in [7, 11) is 0. The predicted molar refractivity (Wildman–Crippen MR) is 87.1 cm³/mol. The molecule has 24 heavy (non-hydrogen) atoms. The van der Waals surface area contributed by atoms with Crippen molar-refractivity contribution >= 4 is 12.3 Å². The van der Waals surface area contributed by atoms with Crippen molar-refractivity contribution in [2.45, 2.75) is 71.0 Å². The summed E-state index contributed by atoms with van der Waals surface area (Å²) in [6.45, 7) is 5.63. The van der Waals surface area contributed by atoms with Gasteiger partial charge in [-0.15, -0.1) is 0 Å². The molecule has 1 saturated carbocycles. The van der Waals surface area contributed by atoms with Crippen molar-refractivity contribution in [2.75, 3.05) is 19.8 Å². The van der Waals surface area contributed by atoms with Crippen molar-refractivity contribution in [2.24, 2.45) is 5.92 Å². The monoisotopic (exact) mass is 346 g/mol. The topological polar surface area (TPSA) is 91.3 Å². The average molecular weight is 346 g/mol. The van der Waals surface area contributed by atoms with Gasteiger partial charge in [-0.2, -0.15) is 0 Å². The van der Waals surface area contributed by atoms with Crippen molar-refractivity contribution in [3.05, 3.63) is 0 Å². The van der Waals surface area contributed by atoms with E-state index in [0.717, 1.165) is 12.8 Å². The Bertz CT molecular complexity index is 362. The average Bonchev–Trinajstić information content (AvgIpc) is 2.51. The Hall–Kier alpha value is -1.50. The third-order valence-corrected chi connectivity index (χ3v) is 3.92. The minimum atomic E-state index is -1.26. The quantitative estimate of drug-likeness (QED) is 0.472. The van der Waals surface area contributed by atoms with Crippen LogP contribution >= 0.6 is 0 Å². The van der Waals surface area contributed by atoms with Gasteiger partial charge in [0.2, 0.25) is 0 Å². The van der Waals surface area contributed by atoms with E-state index in [4.69, 9.17) is 24.1 Å². The Labute approximate surface area is 143 Å². The Balaban J connectivity index is 1.96. The van der Waals surface area contributed by atoms with Crippen molar-refractivity contribution in [1.82, 2.24) is 0 Å². The van der Waals surface area contributed by atoms with E-state index in [-0.39, 0.29) is 18.8 Å². The highest BCUT2D eigenvalue weighted by Crippen LogP contribution is 2.23. The molecule has 0 aliphatic heterocycles. The van der Waals surface area contributed by atoms with E-state index in [0.29, 0.717) is 44.8 Å². The Morgan fingerprint density at radius 3 is 2.17 bits per heavy atom. The van der Waals surface area contributed by atoms with Gasteiger partial charge >= 0.3 is 12.3 Å². The number of carbonyl (C=O) groups is 2. The highest BCUT2D eigenvalue weighted by Gasteiger charge is 2.26. The van der Waals surface area contributed by atoms with Gasteiger partial charge in [-0.3, -0.25) is 0 Å². The molecular formula is C17H30O7. The van der Waals surface area contributed by atoms with E-state index in [1.165, 1.54) is 6.42 Å². The van der Waals surface area contributed by atoms with Crippen LogP contribution in [0.3, 0.4) is 0 Å². The first kappa shape index (κ1) is 20.5. The molecule has 0 aromatic carbocycles. The maximum atomic E-state index is 11.6. The molecule has 0 radical (unpaired) electrons. The first-order valence-electron chi connectivity index (χ1n) is 8.78. The van der Waals surface area contributed by atoms with Gasteiger partial charge in [0.25, 0.3) is 0 Å². The number of hydrogen-bond donors (Lipinski definition) is 1. The predicted octanol–water partition coefficient (Wildman–Crippen LogP) is 3.99. The van der Waals surface area contributed by atoms with Gasteiger partial charge in [0, 0.05) is 6.61 Å². The van der Waals surface area contributed by atoms with Crippen LogP contribution in [0.25, 0.3) is 0 Å². The van der Waals surface area contributed by atoms with Gasteiger partial charge < -0.3 is 24.1 Å². The van der Waals surface area contributed by atoms with Crippen LogP contribution in [0.4, 0.5) is 9.59 Å². The molecule has 1 aliphatic carbocycles. The third kappa shape index (κ3) is 10.3. The molecule has 1 aliphatic rings. The first-order valence-corrected chi connectivity index (χ1v) is 8.78. The first-order chi connectivity index (χ1) is 11.5. The van der Waals surface area contributed by atoms with Crippen molar-refractivity contribution in [1.29, 1.82) is 0 Å². The zero-order valence-corrected chi connectivity index (χ0v) is 14.7. The van der Waals surface area contributed by atoms with Crippen LogP contribution in [-0.4, -0.2) is 49.4 Å². The minimum Gasteiger partial charge on any atom is -0.450 e. The molecular weight excluding hydrogens is 316 g/mol. The molecule has 0 aromatic heterocycles. The second-order valence-corrected chi connectivity index (χ2v) is 6.50. The summed E-state index contributed by atoms with van der Waals surface area (Å²) >= 11 is 0. The van der Waals surface area contributed by atoms with Gasteiger partial charge in [-0.25, -0.2) is 9.59 Å². The summed E-state index contributed by atoms with van der Waals surface area (Å²) in [4.78, 5) is 22.0. The van der Waals surface area contributed by atoms with Crippen LogP contribution in [0.5, 0.6) is 0 Å². The van der Waals surface area contributed by atoms with E-state index >= 15 is 0 Å². The molecule has 0 aromatic rings. The number of carbonyl (C=O) groups excluding carboxylic acids is 1. The van der Waals surface area contributed by atoms with E-state index in [9.17, 15) is 9.59 Å². The van der Waals surface area contributed by atoms with Gasteiger partial charge in [0.15, 0.2) is 0 Å². The van der Waals surface area contributed by atoms with Crippen molar-refractivity contribution < 1.29 is 33.6 Å². The van der Waals surface area contributed by atoms with E-state index in [1.807, 2.05) is 0 Å². The molecule has 0 unspecified atom stereocenters. The zero-order chi connectivity index (χ0) is 17.8. The van der Waals surface area contributed by atoms with E-state index in [1.54, 1.807) is 0 Å². The fourth-order valence-corrected chi connectivity index (χ4v) is 2.62. The second kappa shape index (κ2) is 11.9. The summed E-state index contributed by atoms with van der Waals surface area (Å²) in [5.74, 6) is 0.717. The van der Waals surface area contributed by atoms with Gasteiger partial charge in [0.1, 0.15) is 18.8 Å². The smallest absolute Gasteiger partial charge is 0.450 e. The highest BCUT2D eigenvalue weighted by molar-refractivity contribution is 5.60. The van der Waals surface area contributed by atoms with Gasteiger partial charge in [-0.05, 0) is 38.0 Å². The summed E-state index contributed by atoms with van der Waals surface area (Å²) in [5, 5.41) is 8.55. The fourth-order valence-electron chi connectivity index (χ4n) is 2.62. The highest BCUT2D eigenvalue weighted by atomic mass is 16.7. The Morgan fingerprint density at radius 2 is 1.58 bits per heavy atom. The van der Waals surface area contributed by atoms with Crippen LogP contribution in [0, 0.1) is 5.92 Å². The molecule has 0 atom stereocenters. The Kier molecular flexibility index (Phi) is 10.2. The third-order valence-electron chi connectivity index (χ3n) is 3.92. The largest absolute Gasteiger partial charge is 0.508 e. The molecule has 0 saturated heterocycles. The lowest BCUT2D eigenvalue weighted by molar-refractivity contribution is -0.0258. The van der Waals surface area contributed by atoms with Crippen LogP contribution in [0.15, 0.2) is 0 Å². The van der Waals surface area contributed by atoms with Gasteiger partial charge in [0.05, 0.1) is 6.61 Å². The maximum Gasteiger partial charge on any atom is 0.508 e. The second-order valence-electron chi connectivity index (χ2n) is 6.50. The molecule has 0 spiro atoms. The lowest BCUT2D eigenvalue weighted by atomic mass is 9.95. The molecule has 0 amide bonds. The molecule has 7 heteroatoms. The van der Waals surface area contributed by atoms with E-state index in [2.05, 4.69) is 13.8 Å². The number of hydrogen-bond acceptors (Lipinski definition) is 6. The Morgan fingerprint density at radius 1 is 0.958 bits per heavy atom. The lowest BCUT2D eigenvalue weighted by Crippen LogP contribution is -2.29. The lowest BCUT2D eigenvalue weighted by Gasteiger charge is -2.26. The van der Waals surface area contributed by atoms with Crippen LogP contribution in [0.2, 0.25) is 0 Å². The van der Waals surface area contributed by atoms with Crippen molar-refractivity contribution in [3.63, 3.8) is 0 Å². The fraction of sp³-hybridized carbons (Fsp3) is 0.882. The summed E-state index contributed by atoms with van der Waals surface area (Å²) in [6, 6.07) is 0. The standard InChI is InChI=1S/C17H30O7/c1-13(2)5-3-4-10-21-11-12-22-17(20)24-15-8-6-14(7-9-15)23-16(18)19/h13-15H,3-12H2,1-2H3,(H,18,19). The maximum absolute atomic E-state index is 11.6. The van der Waals surface area contributed by atoms with Crippen molar-refractivity contribution in [3.8, 4) is 0 Å². The molecule has 1 fully saturated rings. The SMILES string of the molecule is CC(C)CCCCOCCOC(=O)OC1CCC(OC(=O)O)CC1. The molecule has 0 heterocycles. The normalized spacial score (nSPS) is 20.6. The molecule has 1 N–H and O–H groups in total. The zero-order valence-electron chi connectivity index (χ0n) is 14.7. The number of rotatable bonds is 10. The molecule has 140 valence electrons. The number of carboxylic acid groups (broad SMARTS) is 1.